The second-order valence-electron chi connectivity index (χ2n) is 3.56. The molecule has 1 unspecified atom stereocenters. The number of aryl methyl sites for hydroxylation is 1. The molecular formula is C13H13OP. The first-order valence-corrected chi connectivity index (χ1v) is 6.34. The molecule has 0 spiro atoms. The highest BCUT2D eigenvalue weighted by Crippen LogP contribution is 2.19. The summed E-state index contributed by atoms with van der Waals surface area (Å²) in [6.45, 7) is 2.02. The predicted molar refractivity (Wildman–Crippen MR) is 65.9 cm³/mol. The van der Waals surface area contributed by atoms with Crippen LogP contribution in [0.1, 0.15) is 5.56 Å². The predicted octanol–water partition coefficient (Wildman–Crippen LogP) is 2.51. The molecule has 0 N–H and O–H groups in total. The molecule has 2 rings (SSSR count). The zero-order valence-electron chi connectivity index (χ0n) is 8.60. The maximum atomic E-state index is 12.2. The van der Waals surface area contributed by atoms with Gasteiger partial charge in [-0.15, -0.1) is 0 Å². The average Bonchev–Trinajstić information content (AvgIpc) is 2.29. The molecule has 0 aliphatic heterocycles. The first-order chi connectivity index (χ1) is 7.27. The maximum Gasteiger partial charge on any atom is 0.131 e. The first kappa shape index (κ1) is 10.2. The molecule has 1 nitrogen and oxygen atoms in total. The lowest BCUT2D eigenvalue weighted by atomic mass is 10.2. The van der Waals surface area contributed by atoms with Crippen LogP contribution < -0.4 is 10.6 Å². The number of benzene rings is 2. The van der Waals surface area contributed by atoms with E-state index in [0.717, 1.165) is 16.2 Å². The number of hydrogen-bond acceptors (Lipinski definition) is 1. The van der Waals surface area contributed by atoms with Gasteiger partial charge in [-0.25, -0.2) is 0 Å². The van der Waals surface area contributed by atoms with E-state index in [9.17, 15) is 4.57 Å². The topological polar surface area (TPSA) is 17.1 Å². The Hall–Kier alpha value is -1.33. The molecule has 2 aromatic carbocycles. The maximum absolute atomic E-state index is 12.2. The third-order valence-corrected chi connectivity index (χ3v) is 4.01. The van der Waals surface area contributed by atoms with Gasteiger partial charge in [-0.3, -0.25) is 0 Å². The number of rotatable bonds is 2. The first-order valence-electron chi connectivity index (χ1n) is 4.94. The molecular weight excluding hydrogens is 203 g/mol. The highest BCUT2D eigenvalue weighted by atomic mass is 31.1. The van der Waals surface area contributed by atoms with Gasteiger partial charge in [0.1, 0.15) is 7.80 Å². The van der Waals surface area contributed by atoms with Crippen molar-refractivity contribution in [3.8, 4) is 0 Å². The lowest BCUT2D eigenvalue weighted by molar-refractivity contribution is 0.598. The highest BCUT2D eigenvalue weighted by molar-refractivity contribution is 7.61. The fraction of sp³-hybridized carbons (Fsp3) is 0.0769. The van der Waals surface area contributed by atoms with Crippen LogP contribution in [0.2, 0.25) is 0 Å². The SMILES string of the molecule is Cc1cccc([PH](=O)c2ccccc2)c1. The Morgan fingerprint density at radius 2 is 1.53 bits per heavy atom. The van der Waals surface area contributed by atoms with Crippen molar-refractivity contribution < 1.29 is 4.57 Å². The summed E-state index contributed by atoms with van der Waals surface area (Å²) in [5, 5.41) is 1.86. The van der Waals surface area contributed by atoms with Gasteiger partial charge in [0.2, 0.25) is 0 Å². The molecule has 76 valence electrons. The van der Waals surface area contributed by atoms with Crippen LogP contribution in [0.5, 0.6) is 0 Å². The minimum Gasteiger partial charge on any atom is -0.317 e. The van der Waals surface area contributed by atoms with Crippen molar-refractivity contribution in [3.63, 3.8) is 0 Å². The summed E-state index contributed by atoms with van der Waals surface area (Å²) in [6, 6.07) is 17.5. The van der Waals surface area contributed by atoms with E-state index in [2.05, 4.69) is 0 Å². The van der Waals surface area contributed by atoms with E-state index < -0.39 is 7.80 Å². The van der Waals surface area contributed by atoms with Crippen LogP contribution in [0, 0.1) is 6.92 Å². The van der Waals surface area contributed by atoms with Gasteiger partial charge in [-0.1, -0.05) is 54.1 Å². The molecule has 0 bridgehead atoms. The molecule has 0 aromatic heterocycles. The monoisotopic (exact) mass is 216 g/mol. The van der Waals surface area contributed by atoms with Gasteiger partial charge >= 0.3 is 0 Å². The van der Waals surface area contributed by atoms with Gasteiger partial charge in [0.15, 0.2) is 0 Å². The molecule has 1 atom stereocenters. The van der Waals surface area contributed by atoms with Crippen LogP contribution >= 0.6 is 7.80 Å². The van der Waals surface area contributed by atoms with Gasteiger partial charge in [-0.05, 0) is 13.0 Å². The third-order valence-electron chi connectivity index (χ3n) is 2.32. The summed E-state index contributed by atoms with van der Waals surface area (Å²) < 4.78 is 12.2. The fourth-order valence-corrected chi connectivity index (χ4v) is 2.98. The number of hydrogen-bond donors (Lipinski definition) is 0. The average molecular weight is 216 g/mol. The van der Waals surface area contributed by atoms with Crippen LogP contribution in [0.4, 0.5) is 0 Å². The summed E-state index contributed by atoms with van der Waals surface area (Å²) >= 11 is 0. The van der Waals surface area contributed by atoms with Gasteiger partial charge in [0, 0.05) is 10.6 Å². The van der Waals surface area contributed by atoms with E-state index in [-0.39, 0.29) is 0 Å². The molecule has 0 heterocycles. The molecule has 0 amide bonds. The zero-order valence-corrected chi connectivity index (χ0v) is 9.60. The van der Waals surface area contributed by atoms with Gasteiger partial charge in [0.25, 0.3) is 0 Å². The van der Waals surface area contributed by atoms with Gasteiger partial charge in [0.05, 0.1) is 0 Å². The lowest BCUT2D eigenvalue weighted by Crippen LogP contribution is -2.05. The van der Waals surface area contributed by atoms with E-state index in [1.807, 2.05) is 61.5 Å². The summed E-state index contributed by atoms with van der Waals surface area (Å²) in [7, 11) is -1.82. The van der Waals surface area contributed by atoms with E-state index in [1.165, 1.54) is 0 Å². The standard InChI is InChI=1S/C13H13OP/c1-11-6-5-9-13(10-11)15(14)12-7-3-2-4-8-12/h2-10,15H,1H3. The Morgan fingerprint density at radius 1 is 0.867 bits per heavy atom. The highest BCUT2D eigenvalue weighted by Gasteiger charge is 2.05. The van der Waals surface area contributed by atoms with Crippen LogP contribution in [0.15, 0.2) is 54.6 Å². The quantitative estimate of drug-likeness (QED) is 0.705. The Morgan fingerprint density at radius 3 is 2.20 bits per heavy atom. The van der Waals surface area contributed by atoms with E-state index in [4.69, 9.17) is 0 Å². The van der Waals surface area contributed by atoms with Crippen molar-refractivity contribution in [2.75, 3.05) is 0 Å². The lowest BCUT2D eigenvalue weighted by Gasteiger charge is -2.03. The van der Waals surface area contributed by atoms with Crippen LogP contribution in [0.3, 0.4) is 0 Å². The molecule has 15 heavy (non-hydrogen) atoms. The van der Waals surface area contributed by atoms with Crippen LogP contribution in [-0.4, -0.2) is 0 Å². The molecule has 0 radical (unpaired) electrons. The fourth-order valence-electron chi connectivity index (χ4n) is 1.54. The van der Waals surface area contributed by atoms with Crippen molar-refractivity contribution in [1.29, 1.82) is 0 Å². The molecule has 2 aromatic rings. The minimum atomic E-state index is -1.82. The molecule has 0 fully saturated rings. The van der Waals surface area contributed by atoms with Gasteiger partial charge < -0.3 is 4.57 Å². The second-order valence-corrected chi connectivity index (χ2v) is 5.38. The molecule has 2 heteroatoms. The Kier molecular flexibility index (Phi) is 3.03. The van der Waals surface area contributed by atoms with Crippen molar-refractivity contribution in [2.24, 2.45) is 0 Å². The smallest absolute Gasteiger partial charge is 0.131 e. The Labute approximate surface area is 90.6 Å². The summed E-state index contributed by atoms with van der Waals surface area (Å²) in [6.07, 6.45) is 0. The van der Waals surface area contributed by atoms with Crippen molar-refractivity contribution in [1.82, 2.24) is 0 Å². The largest absolute Gasteiger partial charge is 0.317 e. The zero-order chi connectivity index (χ0) is 10.7. The van der Waals surface area contributed by atoms with Crippen molar-refractivity contribution >= 4 is 18.4 Å². The van der Waals surface area contributed by atoms with Gasteiger partial charge in [-0.2, -0.15) is 0 Å². The Balaban J connectivity index is 2.37. The van der Waals surface area contributed by atoms with Crippen LogP contribution in [0.25, 0.3) is 0 Å². The van der Waals surface area contributed by atoms with E-state index >= 15 is 0 Å². The molecule has 0 aliphatic rings. The Bertz CT molecular complexity index is 477. The third kappa shape index (κ3) is 2.37. The molecule has 0 saturated heterocycles. The van der Waals surface area contributed by atoms with Crippen molar-refractivity contribution in [2.45, 2.75) is 6.92 Å². The second kappa shape index (κ2) is 4.46. The summed E-state index contributed by atoms with van der Waals surface area (Å²) in [4.78, 5) is 0. The minimum absolute atomic E-state index is 0.924. The van der Waals surface area contributed by atoms with E-state index in [0.29, 0.717) is 0 Å². The normalized spacial score (nSPS) is 12.3. The van der Waals surface area contributed by atoms with Crippen molar-refractivity contribution in [3.05, 3.63) is 60.2 Å². The van der Waals surface area contributed by atoms with Crippen LogP contribution in [-0.2, 0) is 4.57 Å². The summed E-state index contributed by atoms with van der Waals surface area (Å²) in [5.41, 5.74) is 1.15. The van der Waals surface area contributed by atoms with E-state index in [1.54, 1.807) is 0 Å². The summed E-state index contributed by atoms with van der Waals surface area (Å²) in [5.74, 6) is 0. The molecule has 0 aliphatic carbocycles. The molecule has 0 saturated carbocycles.